The fraction of sp³-hybridized carbons (Fsp3) is 0.0526. The number of anilines is 1. The van der Waals surface area contributed by atoms with Crippen molar-refractivity contribution in [3.05, 3.63) is 72.2 Å². The number of nitrogens with one attached hydrogen (secondary N) is 2. The van der Waals surface area contributed by atoms with E-state index < -0.39 is 5.97 Å². The van der Waals surface area contributed by atoms with E-state index in [9.17, 15) is 4.79 Å². The largest absolute Gasteiger partial charge is 0.476 e. The molecule has 3 N–H and O–H groups in total. The van der Waals surface area contributed by atoms with Gasteiger partial charge in [0, 0.05) is 29.9 Å². The molecule has 0 amide bonds. The number of rotatable bonds is 5. The molecule has 0 fully saturated rings. The number of aromatic carboxylic acids is 1. The Morgan fingerprint density at radius 2 is 1.81 bits per heavy atom. The van der Waals surface area contributed by atoms with Crippen LogP contribution in [-0.2, 0) is 6.54 Å². The fourth-order valence-electron chi connectivity index (χ4n) is 2.71. The van der Waals surface area contributed by atoms with Crippen molar-refractivity contribution in [1.82, 2.24) is 20.2 Å². The molecule has 0 saturated carbocycles. The maximum absolute atomic E-state index is 11.1. The summed E-state index contributed by atoms with van der Waals surface area (Å²) in [6.45, 7) is 0.651. The molecule has 0 aliphatic carbocycles. The average Bonchev–Trinajstić information content (AvgIpc) is 3.11. The van der Waals surface area contributed by atoms with E-state index in [4.69, 9.17) is 5.11 Å². The van der Waals surface area contributed by atoms with Crippen molar-refractivity contribution in [3.63, 3.8) is 0 Å². The topological polar surface area (TPSA) is 104 Å². The maximum Gasteiger partial charge on any atom is 0.357 e. The third-order valence-electron chi connectivity index (χ3n) is 4.04. The Bertz CT molecular complexity index is 1060. The minimum absolute atomic E-state index is 0.0169. The number of aromatic amines is 1. The number of carboxylic acids is 1. The molecule has 7 nitrogen and oxygen atoms in total. The number of benzene rings is 2. The van der Waals surface area contributed by atoms with Crippen molar-refractivity contribution in [1.29, 1.82) is 0 Å². The van der Waals surface area contributed by atoms with E-state index in [2.05, 4.69) is 25.5 Å². The number of hydrogen-bond donors (Lipinski definition) is 3. The highest BCUT2D eigenvalue weighted by Crippen LogP contribution is 2.24. The van der Waals surface area contributed by atoms with Crippen LogP contribution in [0.1, 0.15) is 16.1 Å². The summed E-state index contributed by atoms with van der Waals surface area (Å²) in [6.07, 6.45) is 3.46. The zero-order valence-electron chi connectivity index (χ0n) is 13.7. The Balaban J connectivity index is 1.53. The lowest BCUT2D eigenvalue weighted by Crippen LogP contribution is -2.03. The Morgan fingerprint density at radius 1 is 1.04 bits per heavy atom. The molecule has 2 aromatic carbocycles. The van der Waals surface area contributed by atoms with Crippen molar-refractivity contribution in [2.45, 2.75) is 6.54 Å². The molecule has 4 rings (SSSR count). The smallest absolute Gasteiger partial charge is 0.357 e. The molecular formula is C19H15N5O2. The first-order valence-electron chi connectivity index (χ1n) is 8.02. The molecule has 0 saturated heterocycles. The third kappa shape index (κ3) is 3.10. The van der Waals surface area contributed by atoms with Gasteiger partial charge in [-0.15, -0.1) is 0 Å². The van der Waals surface area contributed by atoms with Gasteiger partial charge in [0.1, 0.15) is 0 Å². The van der Waals surface area contributed by atoms with Gasteiger partial charge >= 0.3 is 5.97 Å². The van der Waals surface area contributed by atoms with Gasteiger partial charge in [-0.3, -0.25) is 5.10 Å². The first-order valence-corrected chi connectivity index (χ1v) is 8.02. The summed E-state index contributed by atoms with van der Waals surface area (Å²) in [5.74, 6) is -0.505. The molecule has 0 atom stereocenters. The number of H-pyrrole nitrogens is 1. The van der Waals surface area contributed by atoms with Crippen molar-refractivity contribution in [3.8, 4) is 11.1 Å². The first kappa shape index (κ1) is 15.8. The Morgan fingerprint density at radius 3 is 2.54 bits per heavy atom. The van der Waals surface area contributed by atoms with E-state index >= 15 is 0 Å². The molecule has 26 heavy (non-hydrogen) atoms. The van der Waals surface area contributed by atoms with E-state index in [1.165, 1.54) is 0 Å². The SMILES string of the molecule is O=C(O)c1n[nH]c2cc(-c3cnc(NCc4ccccc4)nc3)ccc12. The molecule has 0 radical (unpaired) electrons. The Hall–Kier alpha value is -3.74. The monoisotopic (exact) mass is 345 g/mol. The van der Waals surface area contributed by atoms with Crippen molar-refractivity contribution < 1.29 is 9.90 Å². The summed E-state index contributed by atoms with van der Waals surface area (Å²) in [7, 11) is 0. The molecule has 0 aliphatic rings. The van der Waals surface area contributed by atoms with E-state index in [0.29, 0.717) is 23.4 Å². The summed E-state index contributed by atoms with van der Waals surface area (Å²) in [5, 5.41) is 19.4. The number of hydrogen-bond acceptors (Lipinski definition) is 5. The van der Waals surface area contributed by atoms with Gasteiger partial charge in [0.05, 0.1) is 5.52 Å². The highest BCUT2D eigenvalue weighted by molar-refractivity contribution is 6.01. The predicted molar refractivity (Wildman–Crippen MR) is 97.8 cm³/mol. The Labute approximate surface area is 148 Å². The number of aromatic nitrogens is 4. The molecule has 2 heterocycles. The second-order valence-corrected chi connectivity index (χ2v) is 5.77. The number of carbonyl (C=O) groups is 1. The van der Waals surface area contributed by atoms with E-state index in [1.807, 2.05) is 42.5 Å². The van der Waals surface area contributed by atoms with Gasteiger partial charge in [-0.1, -0.05) is 36.4 Å². The lowest BCUT2D eigenvalue weighted by atomic mass is 10.1. The molecule has 0 unspecified atom stereocenters. The second kappa shape index (κ2) is 6.64. The predicted octanol–water partition coefficient (Wildman–Crippen LogP) is 3.33. The van der Waals surface area contributed by atoms with Crippen molar-refractivity contribution >= 4 is 22.8 Å². The molecule has 0 aliphatic heterocycles. The number of nitrogens with zero attached hydrogens (tertiary/aromatic N) is 3. The molecule has 0 bridgehead atoms. The van der Waals surface area contributed by atoms with Gasteiger partial charge < -0.3 is 10.4 Å². The van der Waals surface area contributed by atoms with Gasteiger partial charge in [-0.25, -0.2) is 14.8 Å². The summed E-state index contributed by atoms with van der Waals surface area (Å²) >= 11 is 0. The summed E-state index contributed by atoms with van der Waals surface area (Å²) in [6, 6.07) is 15.4. The lowest BCUT2D eigenvalue weighted by Gasteiger charge is -2.06. The highest BCUT2D eigenvalue weighted by atomic mass is 16.4. The minimum Gasteiger partial charge on any atom is -0.476 e. The van der Waals surface area contributed by atoms with Crippen LogP contribution in [0, 0.1) is 0 Å². The van der Waals surface area contributed by atoms with Crippen LogP contribution in [0.15, 0.2) is 60.9 Å². The fourth-order valence-corrected chi connectivity index (χ4v) is 2.71. The molecule has 128 valence electrons. The van der Waals surface area contributed by atoms with Gasteiger partial charge in [0.2, 0.25) is 5.95 Å². The Kier molecular flexibility index (Phi) is 4.03. The normalized spacial score (nSPS) is 10.8. The lowest BCUT2D eigenvalue weighted by molar-refractivity contribution is 0.0692. The summed E-state index contributed by atoms with van der Waals surface area (Å²) in [4.78, 5) is 19.8. The zero-order chi connectivity index (χ0) is 17.9. The van der Waals surface area contributed by atoms with Crippen LogP contribution in [0.5, 0.6) is 0 Å². The quantitative estimate of drug-likeness (QED) is 0.512. The van der Waals surface area contributed by atoms with Crippen LogP contribution >= 0.6 is 0 Å². The van der Waals surface area contributed by atoms with Crippen molar-refractivity contribution in [2.24, 2.45) is 0 Å². The van der Waals surface area contributed by atoms with Crippen LogP contribution in [0.2, 0.25) is 0 Å². The zero-order valence-corrected chi connectivity index (χ0v) is 13.7. The highest BCUT2D eigenvalue weighted by Gasteiger charge is 2.13. The average molecular weight is 345 g/mol. The van der Waals surface area contributed by atoms with E-state index in [0.717, 1.165) is 16.7 Å². The van der Waals surface area contributed by atoms with Gasteiger partial charge in [-0.05, 0) is 23.3 Å². The van der Waals surface area contributed by atoms with Crippen LogP contribution in [-0.4, -0.2) is 31.2 Å². The second-order valence-electron chi connectivity index (χ2n) is 5.77. The van der Waals surface area contributed by atoms with Gasteiger partial charge in [-0.2, -0.15) is 5.10 Å². The third-order valence-corrected chi connectivity index (χ3v) is 4.04. The van der Waals surface area contributed by atoms with Crippen LogP contribution in [0.4, 0.5) is 5.95 Å². The first-order chi connectivity index (χ1) is 12.7. The minimum atomic E-state index is -1.05. The molecular weight excluding hydrogens is 330 g/mol. The van der Waals surface area contributed by atoms with Gasteiger partial charge in [0.25, 0.3) is 0 Å². The van der Waals surface area contributed by atoms with E-state index in [1.54, 1.807) is 18.5 Å². The molecule has 2 aromatic heterocycles. The summed E-state index contributed by atoms with van der Waals surface area (Å²) in [5.41, 5.74) is 3.55. The van der Waals surface area contributed by atoms with Crippen LogP contribution in [0.25, 0.3) is 22.0 Å². The van der Waals surface area contributed by atoms with Gasteiger partial charge in [0.15, 0.2) is 5.69 Å². The van der Waals surface area contributed by atoms with Crippen LogP contribution in [0.3, 0.4) is 0 Å². The van der Waals surface area contributed by atoms with E-state index in [-0.39, 0.29) is 5.69 Å². The maximum atomic E-state index is 11.1. The molecule has 4 aromatic rings. The molecule has 7 heteroatoms. The number of fused-ring (bicyclic) bond motifs is 1. The van der Waals surface area contributed by atoms with Crippen molar-refractivity contribution in [2.75, 3.05) is 5.32 Å². The molecule has 0 spiro atoms. The summed E-state index contributed by atoms with van der Waals surface area (Å²) < 4.78 is 0. The number of carboxylic acid groups (broad SMARTS) is 1. The standard InChI is InChI=1S/C19H15N5O2/c25-18(26)17-15-7-6-13(8-16(15)23-24-17)14-10-21-19(22-11-14)20-9-12-4-2-1-3-5-12/h1-8,10-11H,9H2,(H,23,24)(H,25,26)(H,20,21,22). The van der Waals surface area contributed by atoms with Crippen LogP contribution < -0.4 is 5.32 Å².